The molecule has 1 N–H and O–H groups in total. The van der Waals surface area contributed by atoms with Gasteiger partial charge in [-0.25, -0.2) is 0 Å². The summed E-state index contributed by atoms with van der Waals surface area (Å²) in [4.78, 5) is -1.05. The molecule has 1 nitrogen and oxygen atoms in total. The quantitative estimate of drug-likeness (QED) is 0.768. The minimum Gasteiger partial charge on any atom is -0.369 e. The van der Waals surface area contributed by atoms with E-state index in [4.69, 9.17) is 34.8 Å². The fourth-order valence-electron chi connectivity index (χ4n) is 0.798. The summed E-state index contributed by atoms with van der Waals surface area (Å²) in [6.07, 6.45) is 0. The van der Waals surface area contributed by atoms with Crippen LogP contribution in [-0.4, -0.2) is 9.94 Å². The number of hydrogen-bond acceptors (Lipinski definition) is 1. The Labute approximate surface area is 85.9 Å². The molecule has 1 aromatic carbocycles. The van der Waals surface area contributed by atoms with Gasteiger partial charge in [-0.1, -0.05) is 41.9 Å². The molecule has 12 heavy (non-hydrogen) atoms. The average Bonchev–Trinajstić information content (AvgIpc) is 2.06. The Balaban J connectivity index is 2.98. The van der Waals surface area contributed by atoms with Gasteiger partial charge in [0.2, 0.25) is 0 Å². The molecule has 1 unspecified atom stereocenters. The van der Waals surface area contributed by atoms with Gasteiger partial charge in [-0.3, -0.25) is 0 Å². The first kappa shape index (κ1) is 10.1. The van der Waals surface area contributed by atoms with E-state index in [1.165, 1.54) is 0 Å². The molecule has 0 saturated heterocycles. The molecular weight excluding hydrogens is 218 g/mol. The summed E-state index contributed by atoms with van der Waals surface area (Å²) in [5.41, 5.74) is 0.488. The van der Waals surface area contributed by atoms with Crippen LogP contribution >= 0.6 is 34.8 Å². The van der Waals surface area contributed by atoms with Gasteiger partial charge in [-0.05, 0) is 0 Å². The van der Waals surface area contributed by atoms with Crippen molar-refractivity contribution >= 4 is 34.8 Å². The van der Waals surface area contributed by atoms with Crippen molar-refractivity contribution in [3.8, 4) is 0 Å². The van der Waals surface area contributed by atoms with Crippen LogP contribution in [0.4, 0.5) is 0 Å². The van der Waals surface area contributed by atoms with Gasteiger partial charge in [-0.15, -0.1) is 23.2 Å². The lowest BCUT2D eigenvalue weighted by Crippen LogP contribution is -2.25. The molecule has 0 aromatic heterocycles. The van der Waals surface area contributed by atoms with Crippen molar-refractivity contribution < 1.29 is 5.11 Å². The first-order chi connectivity index (χ1) is 5.55. The van der Waals surface area contributed by atoms with Crippen molar-refractivity contribution in [3.05, 3.63) is 35.9 Å². The first-order valence-corrected chi connectivity index (χ1v) is 4.55. The Hall–Kier alpha value is 0.0500. The predicted octanol–water partition coefficient (Wildman–Crippen LogP) is 2.87. The molecule has 0 spiro atoms. The Bertz CT molecular complexity index is 246. The Morgan fingerprint density at radius 2 is 1.67 bits per heavy atom. The van der Waals surface area contributed by atoms with Crippen molar-refractivity contribution in [1.82, 2.24) is 0 Å². The van der Waals surface area contributed by atoms with Crippen LogP contribution in [0.2, 0.25) is 0 Å². The van der Waals surface area contributed by atoms with Crippen LogP contribution in [0.5, 0.6) is 0 Å². The molecule has 4 heteroatoms. The lowest BCUT2D eigenvalue weighted by Gasteiger charge is -2.21. The molecule has 0 aliphatic carbocycles. The topological polar surface area (TPSA) is 20.2 Å². The summed E-state index contributed by atoms with van der Waals surface area (Å²) >= 11 is 16.7. The molecule has 0 aliphatic heterocycles. The normalized spacial score (nSPS) is 16.1. The highest BCUT2D eigenvalue weighted by molar-refractivity contribution is 6.49. The second-order valence-corrected chi connectivity index (χ2v) is 4.01. The molecule has 0 saturated carbocycles. The van der Waals surface area contributed by atoms with E-state index in [1.807, 2.05) is 6.07 Å². The number of hydrogen-bond donors (Lipinski definition) is 1. The highest BCUT2D eigenvalue weighted by atomic mass is 35.5. The van der Waals surface area contributed by atoms with E-state index in [2.05, 4.69) is 0 Å². The number of halogens is 3. The minimum atomic E-state index is -1.70. The van der Waals surface area contributed by atoms with Gasteiger partial charge >= 0.3 is 0 Å². The summed E-state index contributed by atoms with van der Waals surface area (Å²) in [5, 5.41) is 7.86. The average molecular weight is 226 g/mol. The van der Waals surface area contributed by atoms with Gasteiger partial charge in [-0.2, -0.15) is 0 Å². The van der Waals surface area contributed by atoms with Crippen LogP contribution in [0, 0.1) is 0 Å². The Kier molecular flexibility index (Phi) is 3.24. The van der Waals surface area contributed by atoms with Crippen molar-refractivity contribution in [1.29, 1.82) is 0 Å². The van der Waals surface area contributed by atoms with Crippen molar-refractivity contribution in [2.75, 3.05) is 0 Å². The van der Waals surface area contributed by atoms with Gasteiger partial charge in [0.15, 0.2) is 9.90 Å². The molecule has 0 radical (unpaired) electrons. The van der Waals surface area contributed by atoms with Crippen molar-refractivity contribution in [3.63, 3.8) is 0 Å². The largest absolute Gasteiger partial charge is 0.369 e. The van der Waals surface area contributed by atoms with Gasteiger partial charge < -0.3 is 5.11 Å². The molecule has 66 valence electrons. The van der Waals surface area contributed by atoms with E-state index >= 15 is 0 Å². The summed E-state index contributed by atoms with van der Waals surface area (Å²) in [6, 6.07) is 8.63. The van der Waals surface area contributed by atoms with E-state index in [0.29, 0.717) is 5.56 Å². The lowest BCUT2D eigenvalue weighted by molar-refractivity contribution is 0.144. The van der Waals surface area contributed by atoms with E-state index in [9.17, 15) is 5.11 Å². The van der Waals surface area contributed by atoms with E-state index in [-0.39, 0.29) is 0 Å². The molecule has 1 aromatic rings. The van der Waals surface area contributed by atoms with Crippen LogP contribution in [0.1, 0.15) is 5.56 Å². The third kappa shape index (κ3) is 2.05. The highest BCUT2D eigenvalue weighted by Crippen LogP contribution is 2.34. The maximum absolute atomic E-state index is 9.56. The SMILES string of the molecule is OC(Cl)(c1ccccc1)C(Cl)Cl. The van der Waals surface area contributed by atoms with E-state index in [1.54, 1.807) is 24.3 Å². The van der Waals surface area contributed by atoms with Crippen molar-refractivity contribution in [2.24, 2.45) is 0 Å². The second-order valence-electron chi connectivity index (χ2n) is 2.34. The van der Waals surface area contributed by atoms with Gasteiger partial charge in [0.05, 0.1) is 0 Å². The standard InChI is InChI=1S/C8H7Cl3O/c9-7(10)8(11,12)6-4-2-1-3-5-6/h1-5,7,12H. The molecular formula is C8H7Cl3O. The molecule has 0 fully saturated rings. The first-order valence-electron chi connectivity index (χ1n) is 3.30. The zero-order valence-electron chi connectivity index (χ0n) is 6.05. The fourth-order valence-corrected chi connectivity index (χ4v) is 1.18. The van der Waals surface area contributed by atoms with Gasteiger partial charge in [0.1, 0.15) is 0 Å². The number of benzene rings is 1. The molecule has 0 amide bonds. The Morgan fingerprint density at radius 1 is 1.17 bits per heavy atom. The van der Waals surface area contributed by atoms with E-state index in [0.717, 1.165) is 0 Å². The predicted molar refractivity (Wildman–Crippen MR) is 51.7 cm³/mol. The zero-order chi connectivity index (χ0) is 9.19. The van der Waals surface area contributed by atoms with Crippen LogP contribution in [0.25, 0.3) is 0 Å². The summed E-state index contributed by atoms with van der Waals surface area (Å²) in [7, 11) is 0. The number of aliphatic hydroxyl groups is 1. The van der Waals surface area contributed by atoms with Gasteiger partial charge in [0, 0.05) is 5.56 Å². The summed E-state index contributed by atoms with van der Waals surface area (Å²) in [6.45, 7) is 0. The Morgan fingerprint density at radius 3 is 2.08 bits per heavy atom. The van der Waals surface area contributed by atoms with Crippen LogP contribution in [0.3, 0.4) is 0 Å². The molecule has 1 atom stereocenters. The third-order valence-corrected chi connectivity index (χ3v) is 2.76. The summed E-state index contributed by atoms with van der Waals surface area (Å²) in [5.74, 6) is 0. The number of rotatable bonds is 2. The molecule has 0 heterocycles. The smallest absolute Gasteiger partial charge is 0.194 e. The fraction of sp³-hybridized carbons (Fsp3) is 0.250. The monoisotopic (exact) mass is 224 g/mol. The highest BCUT2D eigenvalue weighted by Gasteiger charge is 2.33. The van der Waals surface area contributed by atoms with Gasteiger partial charge in [0.25, 0.3) is 0 Å². The lowest BCUT2D eigenvalue weighted by atomic mass is 10.1. The molecule has 0 aliphatic rings. The maximum atomic E-state index is 9.56. The zero-order valence-corrected chi connectivity index (χ0v) is 8.31. The van der Waals surface area contributed by atoms with Crippen LogP contribution in [0.15, 0.2) is 30.3 Å². The van der Waals surface area contributed by atoms with E-state index < -0.39 is 9.90 Å². The third-order valence-electron chi connectivity index (χ3n) is 1.47. The maximum Gasteiger partial charge on any atom is 0.194 e. The van der Waals surface area contributed by atoms with Crippen LogP contribution < -0.4 is 0 Å². The summed E-state index contributed by atoms with van der Waals surface area (Å²) < 4.78 is 0. The second kappa shape index (κ2) is 3.84. The number of alkyl halides is 3. The van der Waals surface area contributed by atoms with Crippen LogP contribution in [-0.2, 0) is 5.06 Å². The molecule has 0 bridgehead atoms. The molecule has 1 rings (SSSR count). The van der Waals surface area contributed by atoms with Crippen molar-refractivity contribution in [2.45, 2.75) is 9.90 Å². The minimum absolute atomic E-state index is 0.488.